The van der Waals surface area contributed by atoms with Gasteiger partial charge in [-0.15, -0.1) is 0 Å². The van der Waals surface area contributed by atoms with Crippen molar-refractivity contribution in [1.29, 1.82) is 0 Å². The summed E-state index contributed by atoms with van der Waals surface area (Å²) < 4.78 is 0. The molecular formula is C7H18O3P+. The van der Waals surface area contributed by atoms with Crippen LogP contribution in [0.3, 0.4) is 0 Å². The van der Waals surface area contributed by atoms with E-state index in [0.717, 1.165) is 19.3 Å². The minimum absolute atomic E-state index is 0.163. The molecule has 0 aliphatic carbocycles. The van der Waals surface area contributed by atoms with Crippen LogP contribution in [0, 0.1) is 0 Å². The largest absolute Gasteiger partial charge is 0.403 e. The lowest BCUT2D eigenvalue weighted by Gasteiger charge is -2.02. The van der Waals surface area contributed by atoms with E-state index >= 15 is 0 Å². The summed E-state index contributed by atoms with van der Waals surface area (Å²) in [5.41, 5.74) is 0. The van der Waals surface area contributed by atoms with E-state index in [1.54, 1.807) is 0 Å². The van der Waals surface area contributed by atoms with Crippen LogP contribution in [-0.2, 0) is 0 Å². The van der Waals surface area contributed by atoms with Crippen LogP contribution in [0.1, 0.15) is 39.0 Å². The van der Waals surface area contributed by atoms with Crippen LogP contribution in [0.5, 0.6) is 0 Å². The van der Waals surface area contributed by atoms with Crippen LogP contribution in [0.4, 0.5) is 0 Å². The van der Waals surface area contributed by atoms with E-state index in [9.17, 15) is 0 Å². The summed E-state index contributed by atoms with van der Waals surface area (Å²) in [5, 5.41) is 0. The van der Waals surface area contributed by atoms with Crippen molar-refractivity contribution in [2.75, 3.05) is 6.16 Å². The molecular weight excluding hydrogens is 163 g/mol. The maximum absolute atomic E-state index is 8.60. The van der Waals surface area contributed by atoms with Crippen LogP contribution < -0.4 is 0 Å². The Kier molecular flexibility index (Phi) is 6.06. The molecule has 3 N–H and O–H groups in total. The molecule has 0 aliphatic rings. The van der Waals surface area contributed by atoms with E-state index in [-0.39, 0.29) is 6.16 Å². The summed E-state index contributed by atoms with van der Waals surface area (Å²) in [7, 11) is -3.46. The fourth-order valence-electron chi connectivity index (χ4n) is 0.927. The first kappa shape index (κ1) is 11.3. The lowest BCUT2D eigenvalue weighted by atomic mass is 10.2. The van der Waals surface area contributed by atoms with Crippen molar-refractivity contribution in [2.24, 2.45) is 0 Å². The van der Waals surface area contributed by atoms with Crippen molar-refractivity contribution in [3.8, 4) is 0 Å². The summed E-state index contributed by atoms with van der Waals surface area (Å²) in [6.45, 7) is 2.13. The minimum Gasteiger partial charge on any atom is -0.193 e. The average molecular weight is 181 g/mol. The maximum Gasteiger partial charge on any atom is 0.403 e. The molecule has 0 spiro atoms. The highest BCUT2D eigenvalue weighted by Crippen LogP contribution is 2.45. The molecule has 0 aromatic carbocycles. The zero-order valence-electron chi connectivity index (χ0n) is 7.03. The van der Waals surface area contributed by atoms with Crippen molar-refractivity contribution >= 4 is 7.94 Å². The molecule has 0 rings (SSSR count). The normalized spacial score (nSPS) is 12.0. The second-order valence-electron chi connectivity index (χ2n) is 2.83. The zero-order chi connectivity index (χ0) is 8.74. The molecule has 0 atom stereocenters. The summed E-state index contributed by atoms with van der Waals surface area (Å²) in [6.07, 6.45) is 5.35. The topological polar surface area (TPSA) is 60.7 Å². The van der Waals surface area contributed by atoms with Gasteiger partial charge in [0.25, 0.3) is 0 Å². The van der Waals surface area contributed by atoms with E-state index in [0.29, 0.717) is 0 Å². The Morgan fingerprint density at radius 2 is 1.45 bits per heavy atom. The van der Waals surface area contributed by atoms with Crippen molar-refractivity contribution < 1.29 is 14.7 Å². The van der Waals surface area contributed by atoms with Gasteiger partial charge >= 0.3 is 7.94 Å². The van der Waals surface area contributed by atoms with Gasteiger partial charge in [0.05, 0.1) is 0 Å². The van der Waals surface area contributed by atoms with Gasteiger partial charge in [-0.2, -0.15) is 14.7 Å². The molecule has 68 valence electrons. The Labute approximate surface area is 68.7 Å². The van der Waals surface area contributed by atoms with Crippen LogP contribution in [0.2, 0.25) is 0 Å². The Morgan fingerprint density at radius 3 is 1.91 bits per heavy atom. The predicted octanol–water partition coefficient (Wildman–Crippen LogP) is 1.70. The molecule has 0 bridgehead atoms. The molecule has 0 saturated heterocycles. The lowest BCUT2D eigenvalue weighted by molar-refractivity contribution is 0.328. The molecule has 0 aromatic heterocycles. The Bertz CT molecular complexity index is 90.2. The smallest absolute Gasteiger partial charge is 0.193 e. The Hall–Kier alpha value is 0.310. The van der Waals surface area contributed by atoms with E-state index in [1.165, 1.54) is 12.8 Å². The number of rotatable bonds is 6. The molecule has 3 nitrogen and oxygen atoms in total. The van der Waals surface area contributed by atoms with Crippen molar-refractivity contribution in [2.45, 2.75) is 39.0 Å². The summed E-state index contributed by atoms with van der Waals surface area (Å²) in [4.78, 5) is 25.8. The van der Waals surface area contributed by atoms with Crippen LogP contribution in [-0.4, -0.2) is 20.8 Å². The third-order valence-corrected chi connectivity index (χ3v) is 2.48. The Morgan fingerprint density at radius 1 is 0.909 bits per heavy atom. The monoisotopic (exact) mass is 181 g/mol. The molecule has 0 saturated carbocycles. The number of unbranched alkanes of at least 4 members (excludes halogenated alkanes) is 4. The van der Waals surface area contributed by atoms with E-state index in [4.69, 9.17) is 14.7 Å². The van der Waals surface area contributed by atoms with Gasteiger partial charge in [-0.05, 0) is 12.8 Å². The van der Waals surface area contributed by atoms with Crippen LogP contribution in [0.15, 0.2) is 0 Å². The first-order valence-electron chi connectivity index (χ1n) is 4.12. The highest BCUT2D eigenvalue weighted by Gasteiger charge is 2.27. The molecule has 11 heavy (non-hydrogen) atoms. The fraction of sp³-hybridized carbons (Fsp3) is 1.00. The van der Waals surface area contributed by atoms with Gasteiger partial charge in [0.15, 0.2) is 0 Å². The fourth-order valence-corrected chi connectivity index (χ4v) is 1.58. The highest BCUT2D eigenvalue weighted by atomic mass is 31.2. The summed E-state index contributed by atoms with van der Waals surface area (Å²) >= 11 is 0. The predicted molar refractivity (Wildman–Crippen MR) is 47.2 cm³/mol. The van der Waals surface area contributed by atoms with Gasteiger partial charge in [0, 0.05) is 0 Å². The molecule has 0 aromatic rings. The number of hydrogen-bond acceptors (Lipinski definition) is 3. The zero-order valence-corrected chi connectivity index (χ0v) is 7.93. The van der Waals surface area contributed by atoms with E-state index in [1.807, 2.05) is 0 Å². The van der Waals surface area contributed by atoms with Gasteiger partial charge in [0.1, 0.15) is 6.16 Å². The van der Waals surface area contributed by atoms with Crippen LogP contribution in [0.25, 0.3) is 0 Å². The van der Waals surface area contributed by atoms with Crippen molar-refractivity contribution in [3.63, 3.8) is 0 Å². The first-order chi connectivity index (χ1) is 5.06. The standard InChI is InChI=1S/C7H18O3P/c1-2-3-4-5-6-7-11(8,9)10/h8-10H,2-7H2,1H3/q+1. The molecule has 0 amide bonds. The second kappa shape index (κ2) is 5.90. The van der Waals surface area contributed by atoms with Crippen LogP contribution >= 0.6 is 7.94 Å². The molecule has 0 radical (unpaired) electrons. The van der Waals surface area contributed by atoms with Gasteiger partial charge in [-0.25, -0.2) is 0 Å². The average Bonchev–Trinajstić information content (AvgIpc) is 1.85. The van der Waals surface area contributed by atoms with E-state index in [2.05, 4.69) is 6.92 Å². The highest BCUT2D eigenvalue weighted by molar-refractivity contribution is 7.58. The molecule has 0 heterocycles. The van der Waals surface area contributed by atoms with Gasteiger partial charge < -0.3 is 0 Å². The van der Waals surface area contributed by atoms with E-state index < -0.39 is 7.94 Å². The quantitative estimate of drug-likeness (QED) is 0.431. The molecule has 0 aliphatic heterocycles. The maximum atomic E-state index is 8.60. The lowest BCUT2D eigenvalue weighted by Crippen LogP contribution is -1.94. The Balaban J connectivity index is 3.02. The molecule has 0 fully saturated rings. The summed E-state index contributed by atoms with van der Waals surface area (Å²) in [6, 6.07) is 0. The van der Waals surface area contributed by atoms with Crippen molar-refractivity contribution in [1.82, 2.24) is 0 Å². The number of hydrogen-bond donors (Lipinski definition) is 3. The second-order valence-corrected chi connectivity index (χ2v) is 4.66. The first-order valence-corrected chi connectivity index (χ1v) is 5.96. The van der Waals surface area contributed by atoms with Crippen molar-refractivity contribution in [3.05, 3.63) is 0 Å². The molecule has 4 heteroatoms. The third kappa shape index (κ3) is 10.3. The van der Waals surface area contributed by atoms with Gasteiger partial charge in [-0.3, -0.25) is 0 Å². The SMILES string of the molecule is CCCCCCC[P+](O)(O)O. The summed E-state index contributed by atoms with van der Waals surface area (Å²) in [5.74, 6) is 0. The van der Waals surface area contributed by atoms with Gasteiger partial charge in [0.2, 0.25) is 0 Å². The molecule has 0 unspecified atom stereocenters. The van der Waals surface area contributed by atoms with Gasteiger partial charge in [-0.1, -0.05) is 26.2 Å². The third-order valence-electron chi connectivity index (χ3n) is 1.56. The minimum atomic E-state index is -3.46.